The Balaban J connectivity index is 3.06. The van der Waals surface area contributed by atoms with Gasteiger partial charge < -0.3 is 5.73 Å². The highest BCUT2D eigenvalue weighted by Gasteiger charge is 2.19. The van der Waals surface area contributed by atoms with Crippen molar-refractivity contribution in [3.05, 3.63) is 11.4 Å². The van der Waals surface area contributed by atoms with E-state index in [-0.39, 0.29) is 0 Å². The van der Waals surface area contributed by atoms with Crippen LogP contribution in [0.2, 0.25) is 0 Å². The van der Waals surface area contributed by atoms with Crippen molar-refractivity contribution >= 4 is 17.2 Å². The van der Waals surface area contributed by atoms with E-state index in [4.69, 9.17) is 18.0 Å². The minimum absolute atomic E-state index is 0.353. The molecule has 1 aromatic rings. The maximum atomic E-state index is 5.73. The Labute approximate surface area is 115 Å². The third kappa shape index (κ3) is 3.51. The van der Waals surface area contributed by atoms with Gasteiger partial charge in [-0.2, -0.15) is 0 Å². The highest BCUT2D eigenvalue weighted by atomic mass is 32.1. The van der Waals surface area contributed by atoms with Crippen LogP contribution in [0.4, 0.5) is 0 Å². The molecule has 102 valence electrons. The number of rotatable bonds is 7. The van der Waals surface area contributed by atoms with E-state index < -0.39 is 0 Å². The standard InChI is InChI=1S/C13H24N4S/c1-5-10(6-2)17-11(8-7-9(3)4)12(13(14)18)15-16-17/h9-10H,5-8H2,1-4H3,(H2,14,18). The first-order valence-electron chi connectivity index (χ1n) is 6.75. The van der Waals surface area contributed by atoms with Gasteiger partial charge in [-0.25, -0.2) is 4.68 Å². The van der Waals surface area contributed by atoms with Gasteiger partial charge in [0.05, 0.1) is 11.7 Å². The van der Waals surface area contributed by atoms with Crippen LogP contribution < -0.4 is 5.73 Å². The average Bonchev–Trinajstić information content (AvgIpc) is 2.72. The molecule has 0 radical (unpaired) electrons. The number of nitrogens with two attached hydrogens (primary N) is 1. The van der Waals surface area contributed by atoms with Gasteiger partial charge in [0.1, 0.15) is 10.7 Å². The zero-order valence-corrected chi connectivity index (χ0v) is 12.6. The molecule has 0 amide bonds. The van der Waals surface area contributed by atoms with Gasteiger partial charge in [-0.1, -0.05) is 45.1 Å². The zero-order chi connectivity index (χ0) is 13.7. The molecule has 5 heteroatoms. The van der Waals surface area contributed by atoms with Gasteiger partial charge in [0.15, 0.2) is 0 Å². The van der Waals surface area contributed by atoms with Crippen LogP contribution in [0.15, 0.2) is 0 Å². The van der Waals surface area contributed by atoms with Crippen LogP contribution in [0.25, 0.3) is 0 Å². The molecule has 2 N–H and O–H groups in total. The third-order valence-electron chi connectivity index (χ3n) is 3.27. The van der Waals surface area contributed by atoms with Crippen molar-refractivity contribution in [2.45, 2.75) is 59.4 Å². The fourth-order valence-corrected chi connectivity index (χ4v) is 2.25. The molecule has 0 saturated heterocycles. The summed E-state index contributed by atoms with van der Waals surface area (Å²) in [6.45, 7) is 8.77. The number of thiocarbonyl (C=S) groups is 1. The summed E-state index contributed by atoms with van der Waals surface area (Å²) < 4.78 is 2.02. The summed E-state index contributed by atoms with van der Waals surface area (Å²) in [4.78, 5) is 0.353. The first-order valence-corrected chi connectivity index (χ1v) is 7.15. The van der Waals surface area contributed by atoms with E-state index in [1.807, 2.05) is 4.68 Å². The van der Waals surface area contributed by atoms with Gasteiger partial charge >= 0.3 is 0 Å². The van der Waals surface area contributed by atoms with Crippen molar-refractivity contribution in [2.24, 2.45) is 11.7 Å². The van der Waals surface area contributed by atoms with E-state index >= 15 is 0 Å². The highest BCUT2D eigenvalue weighted by molar-refractivity contribution is 7.80. The third-order valence-corrected chi connectivity index (χ3v) is 3.46. The van der Waals surface area contributed by atoms with Crippen LogP contribution in [0.5, 0.6) is 0 Å². The minimum atomic E-state index is 0.353. The van der Waals surface area contributed by atoms with E-state index in [9.17, 15) is 0 Å². The summed E-state index contributed by atoms with van der Waals surface area (Å²) in [5.74, 6) is 0.647. The van der Waals surface area contributed by atoms with E-state index in [1.165, 1.54) is 0 Å². The lowest BCUT2D eigenvalue weighted by Gasteiger charge is -2.16. The summed E-state index contributed by atoms with van der Waals surface area (Å²) in [5.41, 5.74) is 7.54. The molecule has 0 saturated carbocycles. The van der Waals surface area contributed by atoms with Crippen LogP contribution in [0.3, 0.4) is 0 Å². The van der Waals surface area contributed by atoms with Gasteiger partial charge in [0.2, 0.25) is 0 Å². The van der Waals surface area contributed by atoms with Crippen molar-refractivity contribution in [3.8, 4) is 0 Å². The predicted molar refractivity (Wildman–Crippen MR) is 78.7 cm³/mol. The fraction of sp³-hybridized carbons (Fsp3) is 0.769. The second-order valence-electron chi connectivity index (χ2n) is 5.10. The van der Waals surface area contributed by atoms with Crippen molar-refractivity contribution in [1.29, 1.82) is 0 Å². The summed E-state index contributed by atoms with van der Waals surface area (Å²) in [5, 5.41) is 8.41. The van der Waals surface area contributed by atoms with Gasteiger partial charge in [-0.15, -0.1) is 5.10 Å². The van der Waals surface area contributed by atoms with Crippen LogP contribution in [0, 0.1) is 5.92 Å². The Morgan fingerprint density at radius 1 is 1.33 bits per heavy atom. The smallest absolute Gasteiger partial charge is 0.143 e. The van der Waals surface area contributed by atoms with Crippen LogP contribution in [-0.2, 0) is 6.42 Å². The van der Waals surface area contributed by atoms with Gasteiger partial charge in [0.25, 0.3) is 0 Å². The summed E-state index contributed by atoms with van der Waals surface area (Å²) in [6, 6.07) is 0.391. The van der Waals surface area contributed by atoms with Crippen molar-refractivity contribution in [1.82, 2.24) is 15.0 Å². The molecule has 1 rings (SSSR count). The Bertz CT molecular complexity index is 394. The molecular formula is C13H24N4S. The topological polar surface area (TPSA) is 56.7 Å². The number of aromatic nitrogens is 3. The maximum absolute atomic E-state index is 5.73. The average molecular weight is 268 g/mol. The Morgan fingerprint density at radius 3 is 2.39 bits per heavy atom. The molecule has 1 aromatic heterocycles. The van der Waals surface area contributed by atoms with E-state index in [0.29, 0.717) is 22.6 Å². The van der Waals surface area contributed by atoms with Crippen molar-refractivity contribution in [2.75, 3.05) is 0 Å². The molecule has 0 aliphatic heterocycles. The zero-order valence-electron chi connectivity index (χ0n) is 11.8. The molecular weight excluding hydrogens is 244 g/mol. The first-order chi connectivity index (χ1) is 8.51. The van der Waals surface area contributed by atoms with Crippen molar-refractivity contribution in [3.63, 3.8) is 0 Å². The molecule has 0 aliphatic rings. The predicted octanol–water partition coefficient (Wildman–Crippen LogP) is 2.86. The molecule has 4 nitrogen and oxygen atoms in total. The van der Waals surface area contributed by atoms with E-state index in [1.54, 1.807) is 0 Å². The number of hydrogen-bond acceptors (Lipinski definition) is 3. The Kier molecular flexibility index (Phi) is 5.72. The molecule has 1 heterocycles. The van der Waals surface area contributed by atoms with Gasteiger partial charge in [-0.3, -0.25) is 0 Å². The monoisotopic (exact) mass is 268 g/mol. The van der Waals surface area contributed by atoms with Crippen LogP contribution >= 0.6 is 12.2 Å². The second-order valence-corrected chi connectivity index (χ2v) is 5.54. The number of hydrogen-bond donors (Lipinski definition) is 1. The maximum Gasteiger partial charge on any atom is 0.143 e. The summed E-state index contributed by atoms with van der Waals surface area (Å²) in [6.07, 6.45) is 4.13. The first kappa shape index (κ1) is 15.1. The van der Waals surface area contributed by atoms with Gasteiger partial charge in [-0.05, 0) is 31.6 Å². The lowest BCUT2D eigenvalue weighted by Crippen LogP contribution is -2.17. The quantitative estimate of drug-likeness (QED) is 0.773. The van der Waals surface area contributed by atoms with Gasteiger partial charge in [0, 0.05) is 0 Å². The molecule has 0 aromatic carbocycles. The Morgan fingerprint density at radius 2 is 1.94 bits per heavy atom. The van der Waals surface area contributed by atoms with Crippen LogP contribution in [0.1, 0.15) is 64.4 Å². The second kappa shape index (κ2) is 6.83. The minimum Gasteiger partial charge on any atom is -0.388 e. The summed E-state index contributed by atoms with van der Waals surface area (Å²) >= 11 is 5.06. The SMILES string of the molecule is CCC(CC)n1nnc(C(N)=S)c1CCC(C)C. The van der Waals surface area contributed by atoms with Crippen LogP contribution in [-0.4, -0.2) is 20.0 Å². The number of nitrogens with zero attached hydrogens (tertiary/aromatic N) is 3. The largest absolute Gasteiger partial charge is 0.388 e. The Hall–Kier alpha value is -0.970. The fourth-order valence-electron chi connectivity index (χ4n) is 2.09. The van der Waals surface area contributed by atoms with E-state index in [0.717, 1.165) is 31.4 Å². The molecule has 0 aliphatic carbocycles. The highest BCUT2D eigenvalue weighted by Crippen LogP contribution is 2.20. The lowest BCUT2D eigenvalue weighted by atomic mass is 10.0. The molecule has 0 fully saturated rings. The molecule has 18 heavy (non-hydrogen) atoms. The normalized spacial score (nSPS) is 11.4. The molecule has 0 atom stereocenters. The molecule has 0 spiro atoms. The van der Waals surface area contributed by atoms with Crippen molar-refractivity contribution < 1.29 is 0 Å². The van der Waals surface area contributed by atoms with E-state index in [2.05, 4.69) is 38.0 Å². The lowest BCUT2D eigenvalue weighted by molar-refractivity contribution is 0.400. The summed E-state index contributed by atoms with van der Waals surface area (Å²) in [7, 11) is 0. The molecule has 0 unspecified atom stereocenters. The molecule has 0 bridgehead atoms.